The van der Waals surface area contributed by atoms with Crippen LogP contribution in [0.2, 0.25) is 0 Å². The zero-order chi connectivity index (χ0) is 20.5. The van der Waals surface area contributed by atoms with E-state index in [1.807, 2.05) is 0 Å². The smallest absolute Gasteiger partial charge is 0.179 e. The maximum atomic E-state index is 5.80. The average molecular weight is 377 g/mol. The highest BCUT2D eigenvalue weighted by atomic mass is 16.7. The van der Waals surface area contributed by atoms with Crippen molar-refractivity contribution in [3.8, 4) is 0 Å². The SMILES string of the molecule is C=C(CC/C=C(\C)CC/C=C(\C)CCC=C(C)C)C(OCCC)OCCC. The molecule has 27 heavy (non-hydrogen) atoms. The second-order valence-electron chi connectivity index (χ2n) is 7.73. The Morgan fingerprint density at radius 3 is 1.63 bits per heavy atom. The highest BCUT2D eigenvalue weighted by molar-refractivity contribution is 5.07. The van der Waals surface area contributed by atoms with Crippen molar-refractivity contribution in [2.24, 2.45) is 0 Å². The first-order valence-electron chi connectivity index (χ1n) is 10.8. The Labute approximate surface area is 169 Å². The summed E-state index contributed by atoms with van der Waals surface area (Å²) in [7, 11) is 0. The summed E-state index contributed by atoms with van der Waals surface area (Å²) < 4.78 is 11.6. The molecule has 0 aromatic rings. The highest BCUT2D eigenvalue weighted by Crippen LogP contribution is 2.17. The van der Waals surface area contributed by atoms with Gasteiger partial charge in [-0.2, -0.15) is 0 Å². The Bertz CT molecular complexity index is 471. The molecule has 2 nitrogen and oxygen atoms in total. The zero-order valence-corrected chi connectivity index (χ0v) is 18.9. The van der Waals surface area contributed by atoms with Crippen LogP contribution in [0.1, 0.15) is 92.9 Å². The second kappa shape index (κ2) is 17.0. The molecule has 0 aliphatic rings. The van der Waals surface area contributed by atoms with Crippen LogP contribution in [-0.2, 0) is 9.47 Å². The van der Waals surface area contributed by atoms with Gasteiger partial charge in [0.05, 0.1) is 0 Å². The summed E-state index contributed by atoms with van der Waals surface area (Å²) in [6.45, 7) is 18.7. The monoisotopic (exact) mass is 376 g/mol. The molecule has 0 spiro atoms. The predicted molar refractivity (Wildman–Crippen MR) is 120 cm³/mol. The number of hydrogen-bond donors (Lipinski definition) is 0. The Hall–Kier alpha value is -1.12. The van der Waals surface area contributed by atoms with E-state index in [1.54, 1.807) is 0 Å². The summed E-state index contributed by atoms with van der Waals surface area (Å²) in [4.78, 5) is 0. The van der Waals surface area contributed by atoms with E-state index in [4.69, 9.17) is 9.47 Å². The molecule has 0 aliphatic carbocycles. The fourth-order valence-electron chi connectivity index (χ4n) is 2.69. The van der Waals surface area contributed by atoms with Crippen LogP contribution >= 0.6 is 0 Å². The molecule has 0 fully saturated rings. The molecule has 156 valence electrons. The highest BCUT2D eigenvalue weighted by Gasteiger charge is 2.12. The summed E-state index contributed by atoms with van der Waals surface area (Å²) in [5.74, 6) is 0. The molecule has 0 heterocycles. The van der Waals surface area contributed by atoms with Gasteiger partial charge in [0.15, 0.2) is 6.29 Å². The summed E-state index contributed by atoms with van der Waals surface area (Å²) in [6.07, 6.45) is 15.3. The van der Waals surface area contributed by atoms with Crippen LogP contribution in [0.5, 0.6) is 0 Å². The first-order chi connectivity index (χ1) is 12.9. The third-order valence-corrected chi connectivity index (χ3v) is 4.36. The van der Waals surface area contributed by atoms with Crippen molar-refractivity contribution < 1.29 is 9.47 Å². The molecule has 0 unspecified atom stereocenters. The minimum Gasteiger partial charge on any atom is -0.349 e. The molecule has 0 N–H and O–H groups in total. The van der Waals surface area contributed by atoms with Crippen molar-refractivity contribution in [1.29, 1.82) is 0 Å². The van der Waals surface area contributed by atoms with Crippen LogP contribution in [0.25, 0.3) is 0 Å². The van der Waals surface area contributed by atoms with E-state index < -0.39 is 0 Å². The molecule has 0 bridgehead atoms. The first kappa shape index (κ1) is 25.9. The average Bonchev–Trinajstić information content (AvgIpc) is 2.61. The van der Waals surface area contributed by atoms with E-state index in [9.17, 15) is 0 Å². The molecule has 0 aliphatic heterocycles. The van der Waals surface area contributed by atoms with Crippen molar-refractivity contribution in [3.05, 3.63) is 47.1 Å². The van der Waals surface area contributed by atoms with Crippen LogP contribution in [0, 0.1) is 0 Å². The predicted octanol–water partition coefficient (Wildman–Crippen LogP) is 7.92. The maximum Gasteiger partial charge on any atom is 0.179 e. The Morgan fingerprint density at radius 2 is 1.19 bits per heavy atom. The topological polar surface area (TPSA) is 18.5 Å². The lowest BCUT2D eigenvalue weighted by Gasteiger charge is -2.20. The minimum absolute atomic E-state index is 0.245. The lowest BCUT2D eigenvalue weighted by molar-refractivity contribution is -0.119. The van der Waals surface area contributed by atoms with Crippen LogP contribution in [-0.4, -0.2) is 19.5 Å². The van der Waals surface area contributed by atoms with Gasteiger partial charge in [-0.1, -0.05) is 55.4 Å². The van der Waals surface area contributed by atoms with E-state index in [0.29, 0.717) is 0 Å². The zero-order valence-electron chi connectivity index (χ0n) is 18.9. The first-order valence-corrected chi connectivity index (χ1v) is 10.8. The lowest BCUT2D eigenvalue weighted by Crippen LogP contribution is -2.20. The number of allylic oxidation sites excluding steroid dienone is 6. The van der Waals surface area contributed by atoms with Gasteiger partial charge in [-0.3, -0.25) is 0 Å². The van der Waals surface area contributed by atoms with E-state index in [2.05, 4.69) is 66.3 Å². The second-order valence-corrected chi connectivity index (χ2v) is 7.73. The van der Waals surface area contributed by atoms with Gasteiger partial charge >= 0.3 is 0 Å². The summed E-state index contributed by atoms with van der Waals surface area (Å²) >= 11 is 0. The Morgan fingerprint density at radius 1 is 0.741 bits per heavy atom. The molecule has 0 atom stereocenters. The molecule has 0 saturated heterocycles. The Kier molecular flexibility index (Phi) is 16.3. The van der Waals surface area contributed by atoms with Gasteiger partial charge in [0, 0.05) is 13.2 Å². The molecular weight excluding hydrogens is 332 g/mol. The fraction of sp³-hybridized carbons (Fsp3) is 0.680. The summed E-state index contributed by atoms with van der Waals surface area (Å²) in [5.41, 5.74) is 5.41. The molecule has 0 aromatic carbocycles. The molecular formula is C25H44O2. The van der Waals surface area contributed by atoms with Crippen LogP contribution in [0.4, 0.5) is 0 Å². The molecule has 0 rings (SSSR count). The van der Waals surface area contributed by atoms with Crippen molar-refractivity contribution in [3.63, 3.8) is 0 Å². The van der Waals surface area contributed by atoms with Crippen molar-refractivity contribution in [2.45, 2.75) is 99.2 Å². The third-order valence-electron chi connectivity index (χ3n) is 4.36. The van der Waals surface area contributed by atoms with E-state index in [-0.39, 0.29) is 6.29 Å². The molecule has 2 heteroatoms. The normalized spacial score (nSPS) is 12.6. The van der Waals surface area contributed by atoms with Gasteiger partial charge < -0.3 is 9.47 Å². The lowest BCUT2D eigenvalue weighted by atomic mass is 10.0. The molecule has 0 radical (unpaired) electrons. The van der Waals surface area contributed by atoms with Crippen LogP contribution in [0.3, 0.4) is 0 Å². The summed E-state index contributed by atoms with van der Waals surface area (Å²) in [6, 6.07) is 0. The maximum absolute atomic E-state index is 5.80. The quantitative estimate of drug-likeness (QED) is 0.201. The van der Waals surface area contributed by atoms with Gasteiger partial charge in [-0.05, 0) is 84.6 Å². The number of ether oxygens (including phenoxy) is 2. The summed E-state index contributed by atoms with van der Waals surface area (Å²) in [5, 5.41) is 0. The van der Waals surface area contributed by atoms with Crippen molar-refractivity contribution in [1.82, 2.24) is 0 Å². The Balaban J connectivity index is 4.20. The molecule has 0 amide bonds. The van der Waals surface area contributed by atoms with Crippen LogP contribution < -0.4 is 0 Å². The number of hydrogen-bond acceptors (Lipinski definition) is 2. The van der Waals surface area contributed by atoms with E-state index in [1.165, 1.54) is 23.1 Å². The van der Waals surface area contributed by atoms with Crippen LogP contribution in [0.15, 0.2) is 47.1 Å². The minimum atomic E-state index is -0.245. The van der Waals surface area contributed by atoms with E-state index >= 15 is 0 Å². The fourth-order valence-corrected chi connectivity index (χ4v) is 2.69. The van der Waals surface area contributed by atoms with Gasteiger partial charge in [-0.25, -0.2) is 0 Å². The van der Waals surface area contributed by atoms with E-state index in [0.717, 1.165) is 63.7 Å². The molecule has 0 saturated carbocycles. The van der Waals surface area contributed by atoms with Gasteiger partial charge in [0.2, 0.25) is 0 Å². The largest absolute Gasteiger partial charge is 0.349 e. The van der Waals surface area contributed by atoms with Gasteiger partial charge in [-0.15, -0.1) is 0 Å². The third kappa shape index (κ3) is 15.6. The number of rotatable bonds is 16. The van der Waals surface area contributed by atoms with Crippen molar-refractivity contribution in [2.75, 3.05) is 13.2 Å². The van der Waals surface area contributed by atoms with Crippen molar-refractivity contribution >= 4 is 0 Å². The van der Waals surface area contributed by atoms with Gasteiger partial charge in [0.25, 0.3) is 0 Å². The standard InChI is InChI=1S/C25H44O2/c1-8-19-26-25(27-20-9-2)24(7)18-12-17-23(6)16-11-15-22(5)14-10-13-21(3)4/h13,15,17,25H,7-12,14,16,18-20H2,1-6H3/b22-15+,23-17+. The van der Waals surface area contributed by atoms with Gasteiger partial charge in [0.1, 0.15) is 0 Å². The molecule has 0 aromatic heterocycles.